The van der Waals surface area contributed by atoms with Crippen LogP contribution in [-0.2, 0) is 0 Å². The number of benzene rings is 1. The molecule has 0 bridgehead atoms. The first-order valence-electron chi connectivity index (χ1n) is 7.84. The smallest absolute Gasteiger partial charge is 0.291 e. The zero-order chi connectivity index (χ0) is 18.6. The van der Waals surface area contributed by atoms with Gasteiger partial charge in [-0.15, -0.1) is 0 Å². The van der Waals surface area contributed by atoms with Crippen LogP contribution < -0.4 is 10.1 Å². The normalized spacial score (nSPS) is 10.6. The summed E-state index contributed by atoms with van der Waals surface area (Å²) in [5, 5.41) is 6.86. The van der Waals surface area contributed by atoms with Crippen molar-refractivity contribution in [3.8, 4) is 17.4 Å². The van der Waals surface area contributed by atoms with Gasteiger partial charge in [-0.1, -0.05) is 0 Å². The van der Waals surface area contributed by atoms with Crippen LogP contribution in [0.5, 0.6) is 11.6 Å². The largest absolute Gasteiger partial charge is 0.444 e. The van der Waals surface area contributed by atoms with Crippen molar-refractivity contribution in [3.63, 3.8) is 0 Å². The first kappa shape index (κ1) is 17.0. The number of halogens is 1. The van der Waals surface area contributed by atoms with Gasteiger partial charge in [0.25, 0.3) is 5.91 Å². The molecule has 27 heavy (non-hydrogen) atoms. The van der Waals surface area contributed by atoms with E-state index >= 15 is 0 Å². The number of rotatable bonds is 5. The molecule has 3 heterocycles. The quantitative estimate of drug-likeness (QED) is 0.517. The van der Waals surface area contributed by atoms with Crippen molar-refractivity contribution in [2.75, 3.05) is 5.32 Å². The number of anilines is 1. The summed E-state index contributed by atoms with van der Waals surface area (Å²) in [5.74, 6) is 1.42. The van der Waals surface area contributed by atoms with Gasteiger partial charge < -0.3 is 14.5 Å². The van der Waals surface area contributed by atoms with E-state index < -0.39 is 0 Å². The van der Waals surface area contributed by atoms with Crippen molar-refractivity contribution in [2.24, 2.45) is 0 Å². The van der Waals surface area contributed by atoms with Crippen molar-refractivity contribution in [1.82, 2.24) is 19.7 Å². The molecule has 0 atom stereocenters. The average molecular weight is 426 g/mol. The number of hydrogen-bond donors (Lipinski definition) is 1. The molecule has 0 unspecified atom stereocenters. The highest BCUT2D eigenvalue weighted by molar-refractivity contribution is 9.10. The Kier molecular flexibility index (Phi) is 4.67. The molecule has 0 aliphatic carbocycles. The number of nitrogens with one attached hydrogen (secondary N) is 1. The minimum absolute atomic E-state index is 0.217. The molecular formula is C18H12BrN5O3. The Morgan fingerprint density at radius 3 is 2.70 bits per heavy atom. The highest BCUT2D eigenvalue weighted by Crippen LogP contribution is 2.23. The van der Waals surface area contributed by atoms with Gasteiger partial charge in [-0.2, -0.15) is 5.10 Å². The Morgan fingerprint density at radius 1 is 1.15 bits per heavy atom. The number of carbonyl (C=O) groups excluding carboxylic acids is 1. The monoisotopic (exact) mass is 425 g/mol. The number of hydrogen-bond acceptors (Lipinski definition) is 6. The fraction of sp³-hybridized carbons (Fsp3) is 0. The summed E-state index contributed by atoms with van der Waals surface area (Å²) in [4.78, 5) is 20.3. The van der Waals surface area contributed by atoms with Crippen molar-refractivity contribution in [2.45, 2.75) is 0 Å². The molecule has 8 nitrogen and oxygen atoms in total. The lowest BCUT2D eigenvalue weighted by Gasteiger charge is -2.07. The summed E-state index contributed by atoms with van der Waals surface area (Å²) in [5.41, 5.74) is 0.611. The number of ether oxygens (including phenoxy) is 1. The Morgan fingerprint density at radius 2 is 2.00 bits per heavy atom. The summed E-state index contributed by atoms with van der Waals surface area (Å²) >= 11 is 3.17. The lowest BCUT2D eigenvalue weighted by molar-refractivity contribution is 0.0995. The zero-order valence-corrected chi connectivity index (χ0v) is 15.3. The van der Waals surface area contributed by atoms with Crippen LogP contribution in [0, 0.1) is 0 Å². The topological polar surface area (TPSA) is 95.1 Å². The predicted molar refractivity (Wildman–Crippen MR) is 100 cm³/mol. The fourth-order valence-electron chi connectivity index (χ4n) is 2.27. The maximum absolute atomic E-state index is 12.1. The molecule has 0 fully saturated rings. The summed E-state index contributed by atoms with van der Waals surface area (Å²) < 4.78 is 13.1. The van der Waals surface area contributed by atoms with Gasteiger partial charge in [0.15, 0.2) is 16.2 Å². The van der Waals surface area contributed by atoms with E-state index in [9.17, 15) is 4.79 Å². The molecule has 3 aromatic heterocycles. The standard InChI is InChI=1S/C18H12BrN5O3/c19-15-7-6-14(27-15)18(25)23-12-2-4-13(5-3-12)26-17-10-16(20-11-21-17)24-9-1-8-22-24/h1-11H,(H,23,25). The van der Waals surface area contributed by atoms with Crippen molar-refractivity contribution in [3.05, 3.63) is 77.7 Å². The molecule has 0 aliphatic rings. The molecule has 0 radical (unpaired) electrons. The van der Waals surface area contributed by atoms with E-state index in [4.69, 9.17) is 9.15 Å². The van der Waals surface area contributed by atoms with Crippen molar-refractivity contribution < 1.29 is 13.9 Å². The molecule has 1 N–H and O–H groups in total. The van der Waals surface area contributed by atoms with E-state index in [1.165, 1.54) is 6.33 Å². The molecule has 1 amide bonds. The van der Waals surface area contributed by atoms with Crippen LogP contribution in [-0.4, -0.2) is 25.7 Å². The second kappa shape index (κ2) is 7.42. The van der Waals surface area contributed by atoms with Crippen LogP contribution in [0.2, 0.25) is 0 Å². The summed E-state index contributed by atoms with van der Waals surface area (Å²) in [6, 6.07) is 13.6. The van der Waals surface area contributed by atoms with Crippen molar-refractivity contribution >= 4 is 27.5 Å². The maximum atomic E-state index is 12.1. The summed E-state index contributed by atoms with van der Waals surface area (Å²) in [7, 11) is 0. The van der Waals surface area contributed by atoms with Crippen molar-refractivity contribution in [1.29, 1.82) is 0 Å². The molecule has 9 heteroatoms. The van der Waals surface area contributed by atoms with Gasteiger partial charge in [-0.3, -0.25) is 4.79 Å². The van der Waals surface area contributed by atoms with E-state index in [1.807, 2.05) is 0 Å². The van der Waals surface area contributed by atoms with E-state index in [2.05, 4.69) is 36.3 Å². The third-order valence-electron chi connectivity index (χ3n) is 3.50. The number of furan rings is 1. The average Bonchev–Trinajstić information content (AvgIpc) is 3.35. The van der Waals surface area contributed by atoms with Crippen LogP contribution in [0.1, 0.15) is 10.6 Å². The minimum Gasteiger partial charge on any atom is -0.444 e. The van der Waals surface area contributed by atoms with Gasteiger partial charge in [0, 0.05) is 24.1 Å². The number of carbonyl (C=O) groups is 1. The second-order valence-corrected chi connectivity index (χ2v) is 6.13. The maximum Gasteiger partial charge on any atom is 0.291 e. The predicted octanol–water partition coefficient (Wildman–Crippen LogP) is 4.06. The van der Waals surface area contributed by atoms with Crippen LogP contribution in [0.15, 0.2) is 76.3 Å². The number of nitrogens with zero attached hydrogens (tertiary/aromatic N) is 4. The Labute approximate surface area is 162 Å². The third kappa shape index (κ3) is 4.04. The zero-order valence-electron chi connectivity index (χ0n) is 13.7. The highest BCUT2D eigenvalue weighted by Gasteiger charge is 2.11. The molecule has 1 aromatic carbocycles. The van der Waals surface area contributed by atoms with Gasteiger partial charge in [0.05, 0.1) is 0 Å². The molecule has 0 spiro atoms. The molecule has 0 saturated heterocycles. The van der Waals surface area contributed by atoms with Gasteiger partial charge in [-0.05, 0) is 58.4 Å². The van der Waals surface area contributed by atoms with Crippen LogP contribution in [0.3, 0.4) is 0 Å². The summed E-state index contributed by atoms with van der Waals surface area (Å²) in [6.07, 6.45) is 4.85. The Bertz CT molecular complexity index is 1060. The fourth-order valence-corrected chi connectivity index (χ4v) is 2.58. The van der Waals surface area contributed by atoms with Crippen LogP contribution >= 0.6 is 15.9 Å². The van der Waals surface area contributed by atoms with Gasteiger partial charge in [-0.25, -0.2) is 14.6 Å². The van der Waals surface area contributed by atoms with E-state index in [1.54, 1.807) is 65.6 Å². The van der Waals surface area contributed by atoms with E-state index in [0.29, 0.717) is 27.8 Å². The van der Waals surface area contributed by atoms with Gasteiger partial charge in [0.1, 0.15) is 12.1 Å². The molecule has 4 rings (SSSR count). The Balaban J connectivity index is 1.44. The Hall–Kier alpha value is -3.46. The molecule has 4 aromatic rings. The molecular weight excluding hydrogens is 414 g/mol. The second-order valence-electron chi connectivity index (χ2n) is 5.35. The van der Waals surface area contributed by atoms with Gasteiger partial charge >= 0.3 is 0 Å². The first-order chi connectivity index (χ1) is 13.2. The van der Waals surface area contributed by atoms with E-state index in [0.717, 1.165) is 0 Å². The minimum atomic E-state index is -0.339. The van der Waals surface area contributed by atoms with Crippen LogP contribution in [0.4, 0.5) is 5.69 Å². The third-order valence-corrected chi connectivity index (χ3v) is 3.92. The lowest BCUT2D eigenvalue weighted by Crippen LogP contribution is -2.10. The SMILES string of the molecule is O=C(Nc1ccc(Oc2cc(-n3cccn3)ncn2)cc1)c1ccc(Br)o1. The summed E-state index contributed by atoms with van der Waals surface area (Å²) in [6.45, 7) is 0. The number of aromatic nitrogens is 4. The van der Waals surface area contributed by atoms with Gasteiger partial charge in [0.2, 0.25) is 5.88 Å². The number of amides is 1. The lowest BCUT2D eigenvalue weighted by atomic mass is 10.3. The first-order valence-corrected chi connectivity index (χ1v) is 8.63. The molecule has 134 valence electrons. The highest BCUT2D eigenvalue weighted by atomic mass is 79.9. The molecule has 0 aliphatic heterocycles. The van der Waals surface area contributed by atoms with Crippen LogP contribution in [0.25, 0.3) is 5.82 Å². The van der Waals surface area contributed by atoms with E-state index in [-0.39, 0.29) is 11.7 Å². The molecule has 0 saturated carbocycles.